The molecule has 0 radical (unpaired) electrons. The lowest BCUT2D eigenvalue weighted by molar-refractivity contribution is 0.107. The molecular formula is C13H18BrNO. The number of methoxy groups -OCH3 is 1. The first-order chi connectivity index (χ1) is 7.69. The second-order valence-electron chi connectivity index (χ2n) is 4.45. The quantitative estimate of drug-likeness (QED) is 0.846. The first-order valence-electron chi connectivity index (χ1n) is 5.69. The second-order valence-corrected chi connectivity index (χ2v) is 5.37. The molecule has 1 aliphatic heterocycles. The van der Waals surface area contributed by atoms with E-state index in [1.807, 2.05) is 0 Å². The first-order valence-corrected chi connectivity index (χ1v) is 6.48. The fourth-order valence-electron chi connectivity index (χ4n) is 2.18. The van der Waals surface area contributed by atoms with Gasteiger partial charge in [-0.05, 0) is 36.6 Å². The van der Waals surface area contributed by atoms with Crippen LogP contribution in [0.3, 0.4) is 0 Å². The molecule has 1 aromatic rings. The van der Waals surface area contributed by atoms with Gasteiger partial charge in [0.15, 0.2) is 0 Å². The minimum atomic E-state index is 0.424. The number of halogens is 1. The Hall–Kier alpha value is -0.380. The maximum Gasteiger partial charge on any atom is 0.0710 e. The number of hydrogen-bond donors (Lipinski definition) is 0. The van der Waals surface area contributed by atoms with Crippen molar-refractivity contribution in [3.05, 3.63) is 33.8 Å². The molecule has 2 rings (SSSR count). The molecule has 2 nitrogen and oxygen atoms in total. The Kier molecular flexibility index (Phi) is 4.00. The van der Waals surface area contributed by atoms with Crippen LogP contribution in [0.5, 0.6) is 0 Å². The van der Waals surface area contributed by atoms with Crippen LogP contribution in [0.1, 0.15) is 17.5 Å². The molecule has 0 aromatic heterocycles. The van der Waals surface area contributed by atoms with Gasteiger partial charge in [0.2, 0.25) is 0 Å². The zero-order valence-corrected chi connectivity index (χ0v) is 11.5. The van der Waals surface area contributed by atoms with E-state index in [9.17, 15) is 0 Å². The number of aryl methyl sites for hydroxylation is 1. The van der Waals surface area contributed by atoms with E-state index in [1.54, 1.807) is 7.11 Å². The lowest BCUT2D eigenvalue weighted by atomic mass is 10.1. The van der Waals surface area contributed by atoms with Crippen molar-refractivity contribution < 1.29 is 4.74 Å². The summed E-state index contributed by atoms with van der Waals surface area (Å²) >= 11 is 3.53. The highest BCUT2D eigenvalue weighted by Gasteiger charge is 2.22. The highest BCUT2D eigenvalue weighted by atomic mass is 79.9. The normalized spacial score (nSPS) is 21.6. The van der Waals surface area contributed by atoms with Crippen molar-refractivity contribution in [2.75, 3.05) is 20.2 Å². The van der Waals surface area contributed by atoms with Gasteiger partial charge in [-0.15, -0.1) is 0 Å². The maximum atomic E-state index is 5.38. The van der Waals surface area contributed by atoms with Gasteiger partial charge in [0, 0.05) is 31.2 Å². The van der Waals surface area contributed by atoms with Gasteiger partial charge < -0.3 is 4.74 Å². The average molecular weight is 284 g/mol. The Morgan fingerprint density at radius 1 is 1.50 bits per heavy atom. The molecule has 88 valence electrons. The summed E-state index contributed by atoms with van der Waals surface area (Å²) < 4.78 is 6.54. The first kappa shape index (κ1) is 12.1. The molecule has 0 spiro atoms. The summed E-state index contributed by atoms with van der Waals surface area (Å²) in [5, 5.41) is 0. The van der Waals surface area contributed by atoms with E-state index in [-0.39, 0.29) is 0 Å². The van der Waals surface area contributed by atoms with Crippen LogP contribution in [0.4, 0.5) is 0 Å². The van der Waals surface area contributed by atoms with Crippen LogP contribution in [0, 0.1) is 6.92 Å². The van der Waals surface area contributed by atoms with E-state index in [2.05, 4.69) is 46.0 Å². The third-order valence-electron chi connectivity index (χ3n) is 3.27. The van der Waals surface area contributed by atoms with E-state index in [0.29, 0.717) is 6.10 Å². The summed E-state index contributed by atoms with van der Waals surface area (Å²) in [6, 6.07) is 6.49. The lowest BCUT2D eigenvalue weighted by Crippen LogP contribution is -2.22. The predicted octanol–water partition coefficient (Wildman–Crippen LogP) is 2.98. The minimum absolute atomic E-state index is 0.424. The molecule has 0 amide bonds. The van der Waals surface area contributed by atoms with E-state index < -0.39 is 0 Å². The lowest BCUT2D eigenvalue weighted by Gasteiger charge is -2.17. The van der Waals surface area contributed by atoms with Gasteiger partial charge in [-0.2, -0.15) is 0 Å². The Morgan fingerprint density at radius 2 is 2.31 bits per heavy atom. The molecule has 1 aromatic carbocycles. The number of nitrogens with zero attached hydrogens (tertiary/aromatic N) is 1. The van der Waals surface area contributed by atoms with Gasteiger partial charge in [0.25, 0.3) is 0 Å². The van der Waals surface area contributed by atoms with Gasteiger partial charge in [0.05, 0.1) is 6.10 Å². The summed E-state index contributed by atoms with van der Waals surface area (Å²) in [5.41, 5.74) is 2.77. The highest BCUT2D eigenvalue weighted by molar-refractivity contribution is 9.10. The topological polar surface area (TPSA) is 12.5 Å². The van der Waals surface area contributed by atoms with Crippen molar-refractivity contribution in [2.45, 2.75) is 26.0 Å². The van der Waals surface area contributed by atoms with Gasteiger partial charge >= 0.3 is 0 Å². The van der Waals surface area contributed by atoms with E-state index >= 15 is 0 Å². The van der Waals surface area contributed by atoms with Crippen LogP contribution >= 0.6 is 15.9 Å². The largest absolute Gasteiger partial charge is 0.380 e. The van der Waals surface area contributed by atoms with Crippen LogP contribution in [-0.2, 0) is 11.3 Å². The van der Waals surface area contributed by atoms with Crippen molar-refractivity contribution in [3.8, 4) is 0 Å². The number of likely N-dealkylation sites (tertiary alicyclic amines) is 1. The van der Waals surface area contributed by atoms with Gasteiger partial charge in [-0.1, -0.05) is 22.0 Å². The monoisotopic (exact) mass is 283 g/mol. The van der Waals surface area contributed by atoms with Crippen molar-refractivity contribution in [3.63, 3.8) is 0 Å². The zero-order chi connectivity index (χ0) is 11.5. The molecule has 0 N–H and O–H groups in total. The van der Waals surface area contributed by atoms with Crippen LogP contribution in [0.15, 0.2) is 22.7 Å². The summed E-state index contributed by atoms with van der Waals surface area (Å²) in [5.74, 6) is 0. The molecule has 1 fully saturated rings. The predicted molar refractivity (Wildman–Crippen MR) is 69.6 cm³/mol. The minimum Gasteiger partial charge on any atom is -0.380 e. The Morgan fingerprint density at radius 3 is 3.00 bits per heavy atom. The molecule has 1 atom stereocenters. The molecule has 0 saturated carbocycles. The van der Waals surface area contributed by atoms with Crippen LogP contribution in [0.25, 0.3) is 0 Å². The summed E-state index contributed by atoms with van der Waals surface area (Å²) in [6.07, 6.45) is 1.58. The van der Waals surface area contributed by atoms with E-state index in [0.717, 1.165) is 30.5 Å². The summed E-state index contributed by atoms with van der Waals surface area (Å²) in [6.45, 7) is 5.41. The Balaban J connectivity index is 2.01. The van der Waals surface area contributed by atoms with Crippen molar-refractivity contribution in [1.82, 2.24) is 4.90 Å². The molecule has 1 heterocycles. The maximum absolute atomic E-state index is 5.38. The molecule has 1 aliphatic rings. The zero-order valence-electron chi connectivity index (χ0n) is 9.87. The van der Waals surface area contributed by atoms with Crippen LogP contribution in [-0.4, -0.2) is 31.2 Å². The molecule has 16 heavy (non-hydrogen) atoms. The van der Waals surface area contributed by atoms with Crippen molar-refractivity contribution in [2.24, 2.45) is 0 Å². The molecule has 0 bridgehead atoms. The number of rotatable bonds is 3. The average Bonchev–Trinajstić information content (AvgIpc) is 2.71. The van der Waals surface area contributed by atoms with Crippen molar-refractivity contribution >= 4 is 15.9 Å². The fraction of sp³-hybridized carbons (Fsp3) is 0.538. The molecule has 1 saturated heterocycles. The van der Waals surface area contributed by atoms with E-state index in [1.165, 1.54) is 11.1 Å². The van der Waals surface area contributed by atoms with Gasteiger partial charge in [-0.25, -0.2) is 0 Å². The van der Waals surface area contributed by atoms with Gasteiger partial charge in [-0.3, -0.25) is 4.90 Å². The second kappa shape index (κ2) is 5.30. The fourth-order valence-corrected chi connectivity index (χ4v) is 2.59. The Bertz CT molecular complexity index is 367. The molecule has 3 heteroatoms. The van der Waals surface area contributed by atoms with Crippen LogP contribution < -0.4 is 0 Å². The molecule has 0 aliphatic carbocycles. The summed E-state index contributed by atoms with van der Waals surface area (Å²) in [7, 11) is 1.80. The Labute approximate surface area is 106 Å². The van der Waals surface area contributed by atoms with Crippen molar-refractivity contribution in [1.29, 1.82) is 0 Å². The number of hydrogen-bond acceptors (Lipinski definition) is 2. The van der Waals surface area contributed by atoms with Gasteiger partial charge in [0.1, 0.15) is 0 Å². The summed E-state index contributed by atoms with van der Waals surface area (Å²) in [4.78, 5) is 2.46. The number of ether oxygens (including phenoxy) is 1. The number of benzene rings is 1. The van der Waals surface area contributed by atoms with E-state index in [4.69, 9.17) is 4.74 Å². The highest BCUT2D eigenvalue weighted by Crippen LogP contribution is 2.20. The van der Waals surface area contributed by atoms with Crippen LogP contribution in [0.2, 0.25) is 0 Å². The standard InChI is InChI=1S/C13H18BrNO/c1-10-3-4-12(14)7-11(10)8-15-6-5-13(9-15)16-2/h3-4,7,13H,5-6,8-9H2,1-2H3/t13-/m1/s1. The third-order valence-corrected chi connectivity index (χ3v) is 3.76. The third kappa shape index (κ3) is 2.84. The smallest absolute Gasteiger partial charge is 0.0710 e. The molecule has 0 unspecified atom stereocenters. The SMILES string of the molecule is CO[C@@H]1CCN(Cc2cc(Br)ccc2C)C1. The molecular weight excluding hydrogens is 266 g/mol.